The molecule has 0 aromatic rings. The molecule has 0 heterocycles. The Kier molecular flexibility index (Phi) is 8.88. The second-order valence-corrected chi connectivity index (χ2v) is 3.57. The summed E-state index contributed by atoms with van der Waals surface area (Å²) in [5.41, 5.74) is 0. The molecule has 0 rings (SSSR count). The third-order valence-electron chi connectivity index (χ3n) is 2.00. The van der Waals surface area contributed by atoms with Crippen LogP contribution in [0.15, 0.2) is 0 Å². The molecule has 0 bridgehead atoms. The molecule has 0 atom stereocenters. The number of rotatable bonds is 7. The third kappa shape index (κ3) is 6.82. The van der Waals surface area contributed by atoms with E-state index >= 15 is 0 Å². The van der Waals surface area contributed by atoms with Crippen LogP contribution in [0.1, 0.15) is 33.1 Å². The average Bonchev–Trinajstić information content (AvgIpc) is 2.05. The lowest BCUT2D eigenvalue weighted by molar-refractivity contribution is 0.297. The van der Waals surface area contributed by atoms with Crippen LogP contribution in [0.2, 0.25) is 0 Å². The fourth-order valence-corrected chi connectivity index (χ4v) is 1.54. The summed E-state index contributed by atoms with van der Waals surface area (Å²) in [5.74, 6) is 0. The Bertz CT molecular complexity index is 72.0. The zero-order valence-electron chi connectivity index (χ0n) is 7.77. The summed E-state index contributed by atoms with van der Waals surface area (Å²) in [6.07, 6.45) is 4.04. The van der Waals surface area contributed by atoms with Crippen LogP contribution < -0.4 is 0 Å². The Hall–Kier alpha value is 0.440. The fraction of sp³-hybridized carbons (Fsp3) is 1.00. The van der Waals surface area contributed by atoms with Gasteiger partial charge in [0.25, 0.3) is 0 Å². The van der Waals surface area contributed by atoms with Gasteiger partial charge in [-0.05, 0) is 32.5 Å². The van der Waals surface area contributed by atoms with E-state index in [0.717, 1.165) is 5.33 Å². The molecule has 0 radical (unpaired) electrons. The summed E-state index contributed by atoms with van der Waals surface area (Å²) in [4.78, 5) is 2.48. The number of nitrogens with zero attached hydrogens (tertiary/aromatic N) is 1. The van der Waals surface area contributed by atoms with Gasteiger partial charge in [-0.2, -0.15) is 0 Å². The second kappa shape index (κ2) is 8.54. The summed E-state index contributed by atoms with van der Waals surface area (Å²) in [5, 5.41) is 1.16. The number of halogens is 1. The quantitative estimate of drug-likeness (QED) is 0.473. The summed E-state index contributed by atoms with van der Waals surface area (Å²) >= 11 is 3.44. The molecule has 0 N–H and O–H groups in total. The topological polar surface area (TPSA) is 3.24 Å². The lowest BCUT2D eigenvalue weighted by Gasteiger charge is -2.17. The van der Waals surface area contributed by atoms with E-state index in [4.69, 9.17) is 0 Å². The highest BCUT2D eigenvalue weighted by atomic mass is 79.9. The highest BCUT2D eigenvalue weighted by Crippen LogP contribution is 2.00. The van der Waals surface area contributed by atoms with Gasteiger partial charge in [0, 0.05) is 5.33 Å². The van der Waals surface area contributed by atoms with Crippen LogP contribution in [0.25, 0.3) is 0 Å². The fourth-order valence-electron chi connectivity index (χ4n) is 1.15. The molecule has 2 heteroatoms. The largest absolute Gasteiger partial charge is 0.304 e. The number of hydrogen-bond donors (Lipinski definition) is 0. The van der Waals surface area contributed by atoms with Crippen LogP contribution in [0.4, 0.5) is 0 Å². The van der Waals surface area contributed by atoms with Crippen molar-refractivity contribution in [2.45, 2.75) is 33.1 Å². The van der Waals surface area contributed by atoms with Gasteiger partial charge in [-0.15, -0.1) is 0 Å². The maximum atomic E-state index is 3.44. The van der Waals surface area contributed by atoms with Crippen molar-refractivity contribution in [1.82, 2.24) is 4.90 Å². The first-order valence-corrected chi connectivity index (χ1v) is 5.75. The molecule has 68 valence electrons. The van der Waals surface area contributed by atoms with Gasteiger partial charge in [0.15, 0.2) is 0 Å². The first kappa shape index (κ1) is 11.4. The number of alkyl halides is 1. The van der Waals surface area contributed by atoms with Crippen LogP contribution in [-0.4, -0.2) is 29.9 Å². The van der Waals surface area contributed by atoms with Crippen molar-refractivity contribution in [3.8, 4) is 0 Å². The minimum atomic E-state index is 1.16. The average molecular weight is 222 g/mol. The molecule has 0 aromatic carbocycles. The molecule has 0 saturated heterocycles. The van der Waals surface area contributed by atoms with E-state index in [1.807, 2.05) is 0 Å². The maximum absolute atomic E-state index is 3.44. The molecule has 1 nitrogen and oxygen atoms in total. The lowest BCUT2D eigenvalue weighted by Crippen LogP contribution is -2.23. The van der Waals surface area contributed by atoms with Crippen LogP contribution in [0, 0.1) is 0 Å². The van der Waals surface area contributed by atoms with Gasteiger partial charge in [-0.3, -0.25) is 0 Å². The Morgan fingerprint density at radius 3 is 2.09 bits per heavy atom. The monoisotopic (exact) mass is 221 g/mol. The first-order chi connectivity index (χ1) is 5.35. The standard InChI is InChI=1S/C9H20BrN/c1-3-11(4-2)9-7-5-6-8-10/h3-9H2,1-2H3. The normalized spacial score (nSPS) is 10.9. The Labute approximate surface area is 79.3 Å². The van der Waals surface area contributed by atoms with Gasteiger partial charge in [0.2, 0.25) is 0 Å². The summed E-state index contributed by atoms with van der Waals surface area (Å²) < 4.78 is 0. The molecule has 0 saturated carbocycles. The van der Waals surface area contributed by atoms with Crippen LogP contribution in [-0.2, 0) is 0 Å². The van der Waals surface area contributed by atoms with Gasteiger partial charge in [0.05, 0.1) is 0 Å². The maximum Gasteiger partial charge on any atom is 0.00313 e. The SMILES string of the molecule is CCN(CC)CCCCCBr. The molecule has 0 spiro atoms. The summed E-state index contributed by atoms with van der Waals surface area (Å²) in [7, 11) is 0. The zero-order chi connectivity index (χ0) is 8.53. The van der Waals surface area contributed by atoms with Gasteiger partial charge < -0.3 is 4.90 Å². The molecule has 0 unspecified atom stereocenters. The van der Waals surface area contributed by atoms with Crippen molar-refractivity contribution >= 4 is 15.9 Å². The second-order valence-electron chi connectivity index (χ2n) is 2.78. The van der Waals surface area contributed by atoms with E-state index in [2.05, 4.69) is 34.7 Å². The number of unbranched alkanes of at least 4 members (excludes halogenated alkanes) is 2. The summed E-state index contributed by atoms with van der Waals surface area (Å²) in [6.45, 7) is 8.14. The van der Waals surface area contributed by atoms with Crippen molar-refractivity contribution in [2.75, 3.05) is 25.0 Å². The van der Waals surface area contributed by atoms with Crippen LogP contribution in [0.3, 0.4) is 0 Å². The van der Waals surface area contributed by atoms with Crippen molar-refractivity contribution in [3.63, 3.8) is 0 Å². The zero-order valence-corrected chi connectivity index (χ0v) is 9.36. The van der Waals surface area contributed by atoms with Gasteiger partial charge >= 0.3 is 0 Å². The molecule has 0 fully saturated rings. The minimum Gasteiger partial charge on any atom is -0.304 e. The molecule has 11 heavy (non-hydrogen) atoms. The first-order valence-electron chi connectivity index (χ1n) is 4.63. The van der Waals surface area contributed by atoms with E-state index in [1.165, 1.54) is 38.9 Å². The Morgan fingerprint density at radius 2 is 1.64 bits per heavy atom. The molecule has 0 aromatic heterocycles. The molecule has 0 amide bonds. The van der Waals surface area contributed by atoms with E-state index < -0.39 is 0 Å². The third-order valence-corrected chi connectivity index (χ3v) is 2.56. The summed E-state index contributed by atoms with van der Waals surface area (Å²) in [6, 6.07) is 0. The predicted octanol–water partition coefficient (Wildman–Crippen LogP) is 2.89. The Balaban J connectivity index is 3.07. The molecule has 0 aliphatic carbocycles. The Morgan fingerprint density at radius 1 is 1.00 bits per heavy atom. The van der Waals surface area contributed by atoms with Crippen molar-refractivity contribution in [1.29, 1.82) is 0 Å². The van der Waals surface area contributed by atoms with E-state index in [0.29, 0.717) is 0 Å². The van der Waals surface area contributed by atoms with Gasteiger partial charge in [-0.1, -0.05) is 36.2 Å². The van der Waals surface area contributed by atoms with E-state index in [9.17, 15) is 0 Å². The highest BCUT2D eigenvalue weighted by Gasteiger charge is 1.96. The van der Waals surface area contributed by atoms with Crippen LogP contribution >= 0.6 is 15.9 Å². The highest BCUT2D eigenvalue weighted by molar-refractivity contribution is 9.09. The van der Waals surface area contributed by atoms with Gasteiger partial charge in [-0.25, -0.2) is 0 Å². The smallest absolute Gasteiger partial charge is 0.00313 e. The molecule has 0 aliphatic rings. The predicted molar refractivity (Wildman–Crippen MR) is 55.4 cm³/mol. The van der Waals surface area contributed by atoms with Crippen molar-refractivity contribution in [3.05, 3.63) is 0 Å². The molecule has 0 aliphatic heterocycles. The van der Waals surface area contributed by atoms with E-state index in [-0.39, 0.29) is 0 Å². The molecular formula is C9H20BrN. The van der Waals surface area contributed by atoms with E-state index in [1.54, 1.807) is 0 Å². The number of hydrogen-bond acceptors (Lipinski definition) is 1. The molecular weight excluding hydrogens is 202 g/mol. The minimum absolute atomic E-state index is 1.16. The van der Waals surface area contributed by atoms with Crippen molar-refractivity contribution < 1.29 is 0 Å². The van der Waals surface area contributed by atoms with Crippen LogP contribution in [0.5, 0.6) is 0 Å². The van der Waals surface area contributed by atoms with Crippen molar-refractivity contribution in [2.24, 2.45) is 0 Å². The van der Waals surface area contributed by atoms with Gasteiger partial charge in [0.1, 0.15) is 0 Å². The lowest BCUT2D eigenvalue weighted by atomic mass is 10.2.